The third kappa shape index (κ3) is 3.43. The van der Waals surface area contributed by atoms with Crippen LogP contribution in [0.4, 0.5) is 0 Å². The fourth-order valence-electron chi connectivity index (χ4n) is 1.93. The van der Waals surface area contributed by atoms with Gasteiger partial charge in [-0.15, -0.1) is 0 Å². The normalized spacial score (nSPS) is 23.9. The number of hydrogen-bond donors (Lipinski definition) is 0. The Hall–Kier alpha value is -0.653. The largest absolute Gasteiger partial charge is 0.214 e. The van der Waals surface area contributed by atoms with E-state index >= 15 is 0 Å². The molecule has 1 heterocycles. The van der Waals surface area contributed by atoms with Gasteiger partial charge in [-0.1, -0.05) is 50.0 Å². The number of hydrogen-bond acceptors (Lipinski definition) is 2. The van der Waals surface area contributed by atoms with Crippen molar-refractivity contribution in [2.45, 2.75) is 31.7 Å². The molecule has 2 unspecified atom stereocenters. The fourth-order valence-corrected chi connectivity index (χ4v) is 6.52. The van der Waals surface area contributed by atoms with E-state index in [2.05, 4.69) is 19.6 Å². The van der Waals surface area contributed by atoms with Gasteiger partial charge in [0.05, 0.1) is 11.8 Å². The summed E-state index contributed by atoms with van der Waals surface area (Å²) in [7, 11) is -4.34. The number of sulfonamides is 1. The Morgan fingerprint density at radius 2 is 1.83 bits per heavy atom. The summed E-state index contributed by atoms with van der Waals surface area (Å²) in [6.45, 7) is 7.27. The Balaban J connectivity index is 1.98. The van der Waals surface area contributed by atoms with Gasteiger partial charge in [-0.25, -0.2) is 8.42 Å². The molecule has 18 heavy (non-hydrogen) atoms. The Morgan fingerprint density at radius 1 is 1.22 bits per heavy atom. The molecule has 0 amide bonds. The summed E-state index contributed by atoms with van der Waals surface area (Å²) in [6.07, 6.45) is 0. The molecule has 0 saturated carbocycles. The summed E-state index contributed by atoms with van der Waals surface area (Å²) in [6, 6.07) is 10.8. The van der Waals surface area contributed by atoms with Crippen molar-refractivity contribution in [1.29, 1.82) is 0 Å². The maximum atomic E-state index is 12.2. The predicted molar refractivity (Wildman–Crippen MR) is 77.8 cm³/mol. The molecule has 1 aliphatic heterocycles. The Kier molecular flexibility index (Phi) is 3.67. The summed E-state index contributed by atoms with van der Waals surface area (Å²) in [4.78, 5) is 0. The minimum absolute atomic E-state index is 0.0813. The topological polar surface area (TPSA) is 37.1 Å². The maximum absolute atomic E-state index is 12.2. The number of nitrogens with zero attached hydrogens (tertiary/aromatic N) is 1. The van der Waals surface area contributed by atoms with E-state index in [4.69, 9.17) is 0 Å². The van der Waals surface area contributed by atoms with Gasteiger partial charge in [0.15, 0.2) is 0 Å². The average Bonchev–Trinajstić information content (AvgIpc) is 3.07. The van der Waals surface area contributed by atoms with Gasteiger partial charge >= 0.3 is 0 Å². The third-order valence-corrected chi connectivity index (χ3v) is 7.17. The predicted octanol–water partition coefficient (Wildman–Crippen LogP) is 2.71. The molecule has 0 aromatic heterocycles. The lowest BCUT2D eigenvalue weighted by atomic mass is 10.2. The Bertz CT molecular complexity index is 508. The lowest BCUT2D eigenvalue weighted by Crippen LogP contribution is -2.26. The molecule has 2 atom stereocenters. The van der Waals surface area contributed by atoms with E-state index in [1.54, 1.807) is 4.31 Å². The van der Waals surface area contributed by atoms with Gasteiger partial charge < -0.3 is 0 Å². The second-order valence-electron chi connectivity index (χ2n) is 6.12. The molecule has 0 radical (unpaired) electrons. The number of rotatable bonds is 5. The van der Waals surface area contributed by atoms with Crippen molar-refractivity contribution in [3.05, 3.63) is 35.9 Å². The van der Waals surface area contributed by atoms with Crippen LogP contribution >= 0.6 is 0 Å². The molecular weight excluding hydrogens is 262 g/mol. The summed E-state index contributed by atoms with van der Waals surface area (Å²) in [5, 5.41) is 0. The molecule has 0 spiro atoms. The summed E-state index contributed by atoms with van der Waals surface area (Å²) >= 11 is 0. The molecule has 1 aromatic rings. The molecule has 5 heteroatoms. The second kappa shape index (κ2) is 4.79. The first-order valence-corrected chi connectivity index (χ1v) is 11.7. The van der Waals surface area contributed by atoms with Crippen LogP contribution in [0.5, 0.6) is 0 Å². The van der Waals surface area contributed by atoms with Gasteiger partial charge in [0.1, 0.15) is 0 Å². The van der Waals surface area contributed by atoms with E-state index in [0.29, 0.717) is 12.3 Å². The SMILES string of the molecule is C[Si](C)(C)CCS(=O)(=O)N1CC1c1ccccc1. The van der Waals surface area contributed by atoms with Gasteiger partial charge in [0.25, 0.3) is 0 Å². The van der Waals surface area contributed by atoms with Crippen LogP contribution in [0, 0.1) is 0 Å². The highest BCUT2D eigenvalue weighted by Crippen LogP contribution is 2.38. The third-order valence-electron chi connectivity index (χ3n) is 3.22. The van der Waals surface area contributed by atoms with E-state index in [9.17, 15) is 8.42 Å². The quantitative estimate of drug-likeness (QED) is 0.615. The molecule has 2 rings (SSSR count). The van der Waals surface area contributed by atoms with Gasteiger partial charge in [-0.2, -0.15) is 4.31 Å². The second-order valence-corrected chi connectivity index (χ2v) is 13.8. The van der Waals surface area contributed by atoms with Crippen LogP contribution in [0.2, 0.25) is 25.7 Å². The fraction of sp³-hybridized carbons (Fsp3) is 0.538. The van der Waals surface area contributed by atoms with E-state index in [1.165, 1.54) is 0 Å². The summed E-state index contributed by atoms with van der Waals surface area (Å²) in [5.41, 5.74) is 1.11. The molecule has 1 aromatic carbocycles. The lowest BCUT2D eigenvalue weighted by molar-refractivity contribution is 0.555. The van der Waals surface area contributed by atoms with E-state index < -0.39 is 18.1 Å². The molecular formula is C13H21NO2SSi. The molecule has 0 N–H and O–H groups in total. The van der Waals surface area contributed by atoms with Crippen molar-refractivity contribution < 1.29 is 8.42 Å². The number of benzene rings is 1. The zero-order valence-electron chi connectivity index (χ0n) is 11.3. The molecule has 100 valence electrons. The van der Waals surface area contributed by atoms with Gasteiger partial charge in [0, 0.05) is 14.6 Å². The van der Waals surface area contributed by atoms with Crippen molar-refractivity contribution in [3.63, 3.8) is 0 Å². The summed E-state index contributed by atoms with van der Waals surface area (Å²) < 4.78 is 26.0. The van der Waals surface area contributed by atoms with Crippen LogP contribution in [0.25, 0.3) is 0 Å². The van der Waals surface area contributed by atoms with Crippen molar-refractivity contribution in [2.24, 2.45) is 0 Å². The van der Waals surface area contributed by atoms with Crippen LogP contribution in [0.15, 0.2) is 30.3 Å². The molecule has 3 nitrogen and oxygen atoms in total. The minimum Gasteiger partial charge on any atom is -0.212 e. The summed E-state index contributed by atoms with van der Waals surface area (Å²) in [5.74, 6) is 0.312. The smallest absolute Gasteiger partial charge is 0.212 e. The average molecular weight is 283 g/mol. The zero-order valence-corrected chi connectivity index (χ0v) is 13.1. The Labute approximate surface area is 111 Å². The van der Waals surface area contributed by atoms with E-state index in [-0.39, 0.29) is 6.04 Å². The first kappa shape index (κ1) is 13.8. The van der Waals surface area contributed by atoms with Crippen LogP contribution in [0.1, 0.15) is 11.6 Å². The first-order valence-electron chi connectivity index (χ1n) is 6.34. The zero-order chi connectivity index (χ0) is 13.4. The standard InChI is InChI=1S/C13H21NO2SSi/c1-18(2,3)10-9-17(15,16)14-11-13(14)12-7-5-4-6-8-12/h4-8,13H,9-11H2,1-3H3. The highest BCUT2D eigenvalue weighted by atomic mass is 32.2. The highest BCUT2D eigenvalue weighted by Gasteiger charge is 2.44. The van der Waals surface area contributed by atoms with Crippen LogP contribution in [0.3, 0.4) is 0 Å². The molecule has 1 aliphatic rings. The molecule has 0 aliphatic carbocycles. The molecule has 1 fully saturated rings. The van der Waals surface area contributed by atoms with Crippen molar-refractivity contribution in [2.75, 3.05) is 12.3 Å². The van der Waals surface area contributed by atoms with E-state index in [0.717, 1.165) is 11.6 Å². The monoisotopic (exact) mass is 283 g/mol. The minimum atomic E-state index is -3.05. The first-order chi connectivity index (χ1) is 8.30. The van der Waals surface area contributed by atoms with Gasteiger partial charge in [-0.05, 0) is 11.6 Å². The van der Waals surface area contributed by atoms with Crippen LogP contribution < -0.4 is 0 Å². The van der Waals surface area contributed by atoms with E-state index in [1.807, 2.05) is 30.3 Å². The Morgan fingerprint density at radius 3 is 2.39 bits per heavy atom. The van der Waals surface area contributed by atoms with Gasteiger partial charge in [-0.3, -0.25) is 0 Å². The van der Waals surface area contributed by atoms with Gasteiger partial charge in [0.2, 0.25) is 10.0 Å². The maximum Gasteiger partial charge on any atom is 0.214 e. The van der Waals surface area contributed by atoms with Crippen LogP contribution in [-0.2, 0) is 10.0 Å². The van der Waals surface area contributed by atoms with Crippen LogP contribution in [-0.4, -0.2) is 33.1 Å². The van der Waals surface area contributed by atoms with Crippen molar-refractivity contribution in [1.82, 2.24) is 4.31 Å². The molecule has 1 saturated heterocycles. The van der Waals surface area contributed by atoms with Crippen molar-refractivity contribution >= 4 is 18.1 Å². The van der Waals surface area contributed by atoms with Crippen molar-refractivity contribution in [3.8, 4) is 0 Å². The molecule has 0 bridgehead atoms. The lowest BCUT2D eigenvalue weighted by Gasteiger charge is -2.15. The highest BCUT2D eigenvalue weighted by molar-refractivity contribution is 7.89.